The van der Waals surface area contributed by atoms with Gasteiger partial charge in [0.15, 0.2) is 16.8 Å². The number of halogens is 2. The summed E-state index contributed by atoms with van der Waals surface area (Å²) in [6.45, 7) is 1.78. The first-order chi connectivity index (χ1) is 12.0. The number of nitrogens with zero attached hydrogens (tertiary/aromatic N) is 2. The van der Waals surface area contributed by atoms with E-state index in [1.165, 1.54) is 23.5 Å². The highest BCUT2D eigenvalue weighted by Crippen LogP contribution is 2.31. The third-order valence-electron chi connectivity index (χ3n) is 3.46. The number of hydrogen-bond donors (Lipinski definition) is 1. The van der Waals surface area contributed by atoms with Gasteiger partial charge in [-0.15, -0.1) is 11.3 Å². The third kappa shape index (κ3) is 3.54. The molecule has 0 saturated heterocycles. The van der Waals surface area contributed by atoms with Crippen molar-refractivity contribution in [1.29, 1.82) is 5.26 Å². The first-order valence-electron chi connectivity index (χ1n) is 7.22. The molecule has 4 nitrogen and oxygen atoms in total. The molecule has 0 aliphatic rings. The quantitative estimate of drug-likeness (QED) is 0.751. The Balaban J connectivity index is 1.86. The fourth-order valence-corrected chi connectivity index (χ4v) is 3.09. The maximum absolute atomic E-state index is 13.4. The van der Waals surface area contributed by atoms with Crippen LogP contribution in [0.4, 0.5) is 13.9 Å². The lowest BCUT2D eigenvalue weighted by molar-refractivity contribution is 0.102. The molecular weight excluding hydrogens is 344 g/mol. The molecule has 124 valence electrons. The van der Waals surface area contributed by atoms with E-state index in [0.29, 0.717) is 27.5 Å². The van der Waals surface area contributed by atoms with Crippen LogP contribution >= 0.6 is 11.3 Å². The fourth-order valence-electron chi connectivity index (χ4n) is 2.26. The first kappa shape index (κ1) is 16.7. The average molecular weight is 355 g/mol. The van der Waals surface area contributed by atoms with E-state index in [4.69, 9.17) is 5.26 Å². The van der Waals surface area contributed by atoms with Gasteiger partial charge in [0.25, 0.3) is 5.91 Å². The van der Waals surface area contributed by atoms with Crippen molar-refractivity contribution in [1.82, 2.24) is 4.98 Å². The van der Waals surface area contributed by atoms with E-state index >= 15 is 0 Å². The zero-order valence-electron chi connectivity index (χ0n) is 13.0. The number of nitrogens with one attached hydrogen (secondary N) is 1. The topological polar surface area (TPSA) is 65.8 Å². The first-order valence-corrected chi connectivity index (χ1v) is 8.04. The summed E-state index contributed by atoms with van der Waals surface area (Å²) >= 11 is 1.23. The van der Waals surface area contributed by atoms with Crippen molar-refractivity contribution in [3.63, 3.8) is 0 Å². The number of benzene rings is 2. The van der Waals surface area contributed by atoms with E-state index in [1.54, 1.807) is 25.1 Å². The predicted octanol–water partition coefficient (Wildman–Crippen LogP) is 4.52. The SMILES string of the molecule is Cc1sc(NC(=O)c2cccc(C#N)c2)nc1-c1ccc(F)c(F)c1. The number of nitriles is 1. The van der Waals surface area contributed by atoms with Crippen molar-refractivity contribution in [2.75, 3.05) is 5.32 Å². The Morgan fingerprint density at radius 3 is 2.72 bits per heavy atom. The number of hydrogen-bond acceptors (Lipinski definition) is 4. The Labute approximate surface area is 146 Å². The van der Waals surface area contributed by atoms with Gasteiger partial charge in [0.1, 0.15) is 0 Å². The van der Waals surface area contributed by atoms with Crippen LogP contribution in [0.25, 0.3) is 11.3 Å². The molecule has 3 rings (SSSR count). The van der Waals surface area contributed by atoms with E-state index in [2.05, 4.69) is 10.3 Å². The molecule has 0 radical (unpaired) electrons. The number of aromatic nitrogens is 1. The second-order valence-electron chi connectivity index (χ2n) is 5.20. The second-order valence-corrected chi connectivity index (χ2v) is 6.40. The lowest BCUT2D eigenvalue weighted by atomic mass is 10.1. The molecule has 25 heavy (non-hydrogen) atoms. The largest absolute Gasteiger partial charge is 0.298 e. The van der Waals surface area contributed by atoms with Gasteiger partial charge < -0.3 is 0 Å². The molecule has 3 aromatic rings. The minimum absolute atomic E-state index is 0.335. The van der Waals surface area contributed by atoms with Crippen LogP contribution in [-0.4, -0.2) is 10.9 Å². The molecule has 0 fully saturated rings. The van der Waals surface area contributed by atoms with Gasteiger partial charge in [0.2, 0.25) is 0 Å². The average Bonchev–Trinajstić information content (AvgIpc) is 2.97. The van der Waals surface area contributed by atoms with E-state index < -0.39 is 17.5 Å². The second kappa shape index (κ2) is 6.79. The van der Waals surface area contributed by atoms with Crippen molar-refractivity contribution in [3.05, 3.63) is 70.1 Å². The maximum atomic E-state index is 13.4. The Bertz CT molecular complexity index is 1010. The van der Waals surface area contributed by atoms with Crippen LogP contribution in [-0.2, 0) is 0 Å². The van der Waals surface area contributed by atoms with Crippen molar-refractivity contribution in [3.8, 4) is 17.3 Å². The van der Waals surface area contributed by atoms with Crippen LogP contribution in [0.1, 0.15) is 20.8 Å². The van der Waals surface area contributed by atoms with Crippen LogP contribution < -0.4 is 5.32 Å². The Morgan fingerprint density at radius 2 is 2.00 bits per heavy atom. The molecular formula is C18H11F2N3OS. The fraction of sp³-hybridized carbons (Fsp3) is 0.0556. The molecule has 1 N–H and O–H groups in total. The zero-order valence-corrected chi connectivity index (χ0v) is 13.8. The van der Waals surface area contributed by atoms with Gasteiger partial charge in [0.05, 0.1) is 17.3 Å². The lowest BCUT2D eigenvalue weighted by Gasteiger charge is -2.02. The van der Waals surface area contributed by atoms with E-state index in [9.17, 15) is 13.6 Å². The molecule has 7 heteroatoms. The molecule has 0 spiro atoms. The summed E-state index contributed by atoms with van der Waals surface area (Å²) in [6, 6.07) is 11.8. The van der Waals surface area contributed by atoms with Gasteiger partial charge in [-0.25, -0.2) is 13.8 Å². The van der Waals surface area contributed by atoms with E-state index in [-0.39, 0.29) is 0 Å². The highest BCUT2D eigenvalue weighted by molar-refractivity contribution is 7.16. The Morgan fingerprint density at radius 1 is 1.20 bits per heavy atom. The van der Waals surface area contributed by atoms with Gasteiger partial charge >= 0.3 is 0 Å². The number of rotatable bonds is 3. The summed E-state index contributed by atoms with van der Waals surface area (Å²) in [4.78, 5) is 17.3. The maximum Gasteiger partial charge on any atom is 0.257 e. The summed E-state index contributed by atoms with van der Waals surface area (Å²) in [5.41, 5.74) is 1.62. The minimum atomic E-state index is -0.955. The molecule has 0 saturated carbocycles. The van der Waals surface area contributed by atoms with E-state index in [1.807, 2.05) is 6.07 Å². The number of amides is 1. The van der Waals surface area contributed by atoms with Crippen LogP contribution in [0.3, 0.4) is 0 Å². The number of thiazole rings is 1. The zero-order chi connectivity index (χ0) is 18.0. The molecule has 1 heterocycles. The summed E-state index contributed by atoms with van der Waals surface area (Å²) in [5.74, 6) is -2.28. The molecule has 1 amide bonds. The van der Waals surface area contributed by atoms with Crippen LogP contribution in [0, 0.1) is 29.9 Å². The molecule has 0 unspecified atom stereocenters. The van der Waals surface area contributed by atoms with Crippen LogP contribution in [0.2, 0.25) is 0 Å². The predicted molar refractivity (Wildman–Crippen MR) is 91.3 cm³/mol. The van der Waals surface area contributed by atoms with Gasteiger partial charge in [-0.2, -0.15) is 5.26 Å². The molecule has 1 aromatic heterocycles. The smallest absolute Gasteiger partial charge is 0.257 e. The van der Waals surface area contributed by atoms with Crippen molar-refractivity contribution in [2.24, 2.45) is 0 Å². The number of carbonyl (C=O) groups is 1. The molecule has 0 aliphatic heterocycles. The number of anilines is 1. The highest BCUT2D eigenvalue weighted by atomic mass is 32.1. The van der Waals surface area contributed by atoms with Crippen molar-refractivity contribution >= 4 is 22.4 Å². The molecule has 2 aromatic carbocycles. The summed E-state index contributed by atoms with van der Waals surface area (Å²) in [5, 5.41) is 11.9. The highest BCUT2D eigenvalue weighted by Gasteiger charge is 2.15. The molecule has 0 aliphatic carbocycles. The van der Waals surface area contributed by atoms with E-state index in [0.717, 1.165) is 17.0 Å². The number of aryl methyl sites for hydroxylation is 1. The number of carbonyl (C=O) groups excluding carboxylic acids is 1. The lowest BCUT2D eigenvalue weighted by Crippen LogP contribution is -2.11. The third-order valence-corrected chi connectivity index (χ3v) is 4.35. The molecule has 0 atom stereocenters. The Kier molecular flexibility index (Phi) is 4.55. The normalized spacial score (nSPS) is 10.3. The van der Waals surface area contributed by atoms with Crippen molar-refractivity contribution in [2.45, 2.75) is 6.92 Å². The molecule has 0 bridgehead atoms. The standard InChI is InChI=1S/C18H11F2N3OS/c1-10-16(12-5-6-14(19)15(20)8-12)22-18(25-10)23-17(24)13-4-2-3-11(7-13)9-21/h2-8H,1H3,(H,22,23,24). The van der Waals surface area contributed by atoms with Gasteiger partial charge in [-0.05, 0) is 43.3 Å². The summed E-state index contributed by atoms with van der Waals surface area (Å²) in [6.07, 6.45) is 0. The minimum Gasteiger partial charge on any atom is -0.298 e. The van der Waals surface area contributed by atoms with Crippen LogP contribution in [0.5, 0.6) is 0 Å². The summed E-state index contributed by atoms with van der Waals surface area (Å²) in [7, 11) is 0. The van der Waals surface area contributed by atoms with Gasteiger partial charge in [-0.3, -0.25) is 10.1 Å². The monoisotopic (exact) mass is 355 g/mol. The van der Waals surface area contributed by atoms with Crippen molar-refractivity contribution < 1.29 is 13.6 Å². The Hall–Kier alpha value is -3.11. The van der Waals surface area contributed by atoms with Gasteiger partial charge in [0, 0.05) is 16.0 Å². The van der Waals surface area contributed by atoms with Gasteiger partial charge in [-0.1, -0.05) is 6.07 Å². The van der Waals surface area contributed by atoms with Crippen LogP contribution in [0.15, 0.2) is 42.5 Å². The summed E-state index contributed by atoms with van der Waals surface area (Å²) < 4.78 is 26.5.